The number of benzene rings is 1. The van der Waals surface area contributed by atoms with Crippen molar-refractivity contribution in [3.8, 4) is 0 Å². The van der Waals surface area contributed by atoms with Gasteiger partial charge in [0.05, 0.1) is 5.75 Å². The van der Waals surface area contributed by atoms with Gasteiger partial charge in [-0.1, -0.05) is 38.1 Å². The van der Waals surface area contributed by atoms with Crippen LogP contribution < -0.4 is 0 Å². The normalized spacial score (nSPS) is 20.7. The highest BCUT2D eigenvalue weighted by molar-refractivity contribution is 7.88. The van der Waals surface area contributed by atoms with Gasteiger partial charge in [-0.25, -0.2) is 12.7 Å². The summed E-state index contributed by atoms with van der Waals surface area (Å²) in [5.41, 5.74) is 1.77. The maximum absolute atomic E-state index is 12.5. The van der Waals surface area contributed by atoms with E-state index in [-0.39, 0.29) is 5.75 Å². The average Bonchev–Trinajstić information content (AvgIpc) is 2.89. The van der Waals surface area contributed by atoms with Crippen LogP contribution in [0.3, 0.4) is 0 Å². The summed E-state index contributed by atoms with van der Waals surface area (Å²) in [4.78, 5) is 0. The molecule has 1 aromatic rings. The molecule has 3 nitrogen and oxygen atoms in total. The van der Waals surface area contributed by atoms with E-state index in [1.807, 2.05) is 24.3 Å². The molecule has 0 radical (unpaired) electrons. The standard InChI is InChI=1S/C15H22ClNO2S/c1-12(2)15-6-7-17(10-15)20(18,19)11-14-5-3-4-13(8-14)9-16/h3-5,8,12,15H,6-7,9-11H2,1-2H3. The van der Waals surface area contributed by atoms with Crippen molar-refractivity contribution in [1.82, 2.24) is 4.31 Å². The second-order valence-corrected chi connectivity index (χ2v) is 8.10. The van der Waals surface area contributed by atoms with E-state index < -0.39 is 10.0 Å². The van der Waals surface area contributed by atoms with Crippen LogP contribution in [0.1, 0.15) is 31.4 Å². The van der Waals surface area contributed by atoms with Crippen molar-refractivity contribution in [3.63, 3.8) is 0 Å². The topological polar surface area (TPSA) is 37.4 Å². The molecule has 1 atom stereocenters. The third kappa shape index (κ3) is 3.74. The predicted octanol–water partition coefficient (Wildman–Crippen LogP) is 3.23. The molecule has 0 N–H and O–H groups in total. The fourth-order valence-corrected chi connectivity index (χ4v) is 4.41. The molecule has 0 bridgehead atoms. The van der Waals surface area contributed by atoms with Crippen molar-refractivity contribution < 1.29 is 8.42 Å². The number of halogens is 1. The second-order valence-electron chi connectivity index (χ2n) is 5.86. The first-order valence-corrected chi connectivity index (χ1v) is 9.18. The highest BCUT2D eigenvalue weighted by atomic mass is 35.5. The van der Waals surface area contributed by atoms with Gasteiger partial charge in [0.2, 0.25) is 10.0 Å². The monoisotopic (exact) mass is 315 g/mol. The summed E-state index contributed by atoms with van der Waals surface area (Å²) in [5.74, 6) is 1.50. The summed E-state index contributed by atoms with van der Waals surface area (Å²) >= 11 is 5.79. The molecule has 1 aliphatic rings. The van der Waals surface area contributed by atoms with Crippen LogP contribution in [-0.4, -0.2) is 25.8 Å². The van der Waals surface area contributed by atoms with Gasteiger partial charge in [0.15, 0.2) is 0 Å². The zero-order valence-corrected chi connectivity index (χ0v) is 13.6. The maximum Gasteiger partial charge on any atom is 0.218 e. The Bertz CT molecular complexity index is 557. The number of rotatable bonds is 5. The Hall–Kier alpha value is -0.580. The lowest BCUT2D eigenvalue weighted by Crippen LogP contribution is -2.30. The van der Waals surface area contributed by atoms with Crippen LogP contribution in [0, 0.1) is 11.8 Å². The molecule has 20 heavy (non-hydrogen) atoms. The molecule has 0 saturated carbocycles. The number of nitrogens with zero attached hydrogens (tertiary/aromatic N) is 1. The molecular formula is C15H22ClNO2S. The van der Waals surface area contributed by atoms with Gasteiger partial charge < -0.3 is 0 Å². The van der Waals surface area contributed by atoms with Gasteiger partial charge in [0.25, 0.3) is 0 Å². The van der Waals surface area contributed by atoms with E-state index in [9.17, 15) is 8.42 Å². The molecule has 1 heterocycles. The molecule has 0 aliphatic carbocycles. The van der Waals surface area contributed by atoms with Crippen LogP contribution in [0.15, 0.2) is 24.3 Å². The van der Waals surface area contributed by atoms with Crippen molar-refractivity contribution in [1.29, 1.82) is 0 Å². The summed E-state index contributed by atoms with van der Waals surface area (Å²) in [7, 11) is -3.21. The quantitative estimate of drug-likeness (QED) is 0.782. The molecule has 1 aromatic carbocycles. The number of hydrogen-bond donors (Lipinski definition) is 0. The number of sulfonamides is 1. The van der Waals surface area contributed by atoms with E-state index in [2.05, 4.69) is 13.8 Å². The van der Waals surface area contributed by atoms with Crippen LogP contribution in [-0.2, 0) is 21.7 Å². The lowest BCUT2D eigenvalue weighted by molar-refractivity contribution is 0.388. The van der Waals surface area contributed by atoms with Crippen LogP contribution in [0.4, 0.5) is 0 Å². The van der Waals surface area contributed by atoms with E-state index in [1.54, 1.807) is 4.31 Å². The van der Waals surface area contributed by atoms with Crippen LogP contribution in [0.25, 0.3) is 0 Å². The first kappa shape index (κ1) is 15.8. The molecule has 2 rings (SSSR count). The first-order chi connectivity index (χ1) is 9.42. The molecule has 0 amide bonds. The molecule has 1 fully saturated rings. The van der Waals surface area contributed by atoms with Gasteiger partial charge in [0.1, 0.15) is 0 Å². The number of hydrogen-bond acceptors (Lipinski definition) is 2. The Labute approximate surface area is 127 Å². The van der Waals surface area contributed by atoms with Crippen molar-refractivity contribution in [2.75, 3.05) is 13.1 Å². The third-order valence-electron chi connectivity index (χ3n) is 4.02. The predicted molar refractivity (Wildman–Crippen MR) is 83.1 cm³/mol. The molecule has 0 aromatic heterocycles. The Balaban J connectivity index is 2.08. The molecule has 112 valence electrons. The second kappa shape index (κ2) is 6.46. The van der Waals surface area contributed by atoms with Crippen LogP contribution >= 0.6 is 11.6 Å². The SMILES string of the molecule is CC(C)C1CCN(S(=O)(=O)Cc2cccc(CCl)c2)C1. The minimum atomic E-state index is -3.21. The Morgan fingerprint density at radius 2 is 2.05 bits per heavy atom. The van der Waals surface area contributed by atoms with Crippen molar-refractivity contribution in [3.05, 3.63) is 35.4 Å². The minimum Gasteiger partial charge on any atom is -0.212 e. The van der Waals surface area contributed by atoms with Gasteiger partial charge in [-0.3, -0.25) is 0 Å². The summed E-state index contributed by atoms with van der Waals surface area (Å²) in [6.07, 6.45) is 0.971. The molecule has 5 heteroatoms. The van der Waals surface area contributed by atoms with E-state index in [0.29, 0.717) is 30.8 Å². The zero-order valence-electron chi connectivity index (χ0n) is 12.0. The van der Waals surface area contributed by atoms with Crippen molar-refractivity contribution >= 4 is 21.6 Å². The Morgan fingerprint density at radius 3 is 2.65 bits per heavy atom. The Kier molecular flexibility index (Phi) is 5.10. The molecule has 1 unspecified atom stereocenters. The zero-order chi connectivity index (χ0) is 14.8. The Morgan fingerprint density at radius 1 is 1.35 bits per heavy atom. The lowest BCUT2D eigenvalue weighted by atomic mass is 9.96. The minimum absolute atomic E-state index is 0.0720. The highest BCUT2D eigenvalue weighted by Crippen LogP contribution is 2.27. The molecular weight excluding hydrogens is 294 g/mol. The largest absolute Gasteiger partial charge is 0.218 e. The average molecular weight is 316 g/mol. The fourth-order valence-electron chi connectivity index (χ4n) is 2.66. The molecule has 1 saturated heterocycles. The van der Waals surface area contributed by atoms with E-state index in [0.717, 1.165) is 17.5 Å². The van der Waals surface area contributed by atoms with Gasteiger partial charge in [-0.2, -0.15) is 0 Å². The van der Waals surface area contributed by atoms with Gasteiger partial charge in [-0.05, 0) is 29.4 Å². The maximum atomic E-state index is 12.5. The van der Waals surface area contributed by atoms with E-state index in [1.165, 1.54) is 0 Å². The highest BCUT2D eigenvalue weighted by Gasteiger charge is 2.32. The summed E-state index contributed by atoms with van der Waals surface area (Å²) in [5, 5.41) is 0. The third-order valence-corrected chi connectivity index (χ3v) is 6.14. The smallest absolute Gasteiger partial charge is 0.212 e. The van der Waals surface area contributed by atoms with E-state index >= 15 is 0 Å². The van der Waals surface area contributed by atoms with Crippen LogP contribution in [0.5, 0.6) is 0 Å². The van der Waals surface area contributed by atoms with E-state index in [4.69, 9.17) is 11.6 Å². The van der Waals surface area contributed by atoms with Crippen molar-refractivity contribution in [2.45, 2.75) is 31.9 Å². The molecule has 0 spiro atoms. The van der Waals surface area contributed by atoms with Gasteiger partial charge in [-0.15, -0.1) is 11.6 Å². The van der Waals surface area contributed by atoms with Gasteiger partial charge >= 0.3 is 0 Å². The first-order valence-electron chi connectivity index (χ1n) is 7.04. The van der Waals surface area contributed by atoms with Crippen molar-refractivity contribution in [2.24, 2.45) is 11.8 Å². The summed E-state index contributed by atoms with van der Waals surface area (Å²) in [6.45, 7) is 5.63. The molecule has 1 aliphatic heterocycles. The van der Waals surface area contributed by atoms with Gasteiger partial charge in [0, 0.05) is 19.0 Å². The number of alkyl halides is 1. The van der Waals surface area contributed by atoms with Crippen LogP contribution in [0.2, 0.25) is 0 Å². The fraction of sp³-hybridized carbons (Fsp3) is 0.600. The summed E-state index contributed by atoms with van der Waals surface area (Å²) < 4.78 is 26.6. The summed E-state index contributed by atoms with van der Waals surface area (Å²) in [6, 6.07) is 7.50. The lowest BCUT2D eigenvalue weighted by Gasteiger charge is -2.18.